The molecule has 4 heteroatoms. The topological polar surface area (TPSA) is 24.3 Å². The Morgan fingerprint density at radius 2 is 1.54 bits per heavy atom. The van der Waals surface area contributed by atoms with Gasteiger partial charge in [-0.25, -0.2) is 0 Å². The fourth-order valence-electron chi connectivity index (χ4n) is 4.04. The molecule has 1 fully saturated rings. The monoisotopic (exact) mass is 374 g/mol. The standard InChI is InChI=1S/C24H30N4/c1-26(17-21-9-11-22(12-10-21)18-28-16-6-13-25-28)19-23-7-2-3-8-24(23)20-27-14-4-5-15-27/h2-3,6-13,16H,4-5,14-15,17-20H2,1H3. The molecule has 0 spiro atoms. The Bertz CT molecular complexity index is 849. The highest BCUT2D eigenvalue weighted by Crippen LogP contribution is 2.18. The van der Waals surface area contributed by atoms with Gasteiger partial charge in [0.05, 0.1) is 6.54 Å². The number of likely N-dealkylation sites (tertiary alicyclic amines) is 1. The molecular weight excluding hydrogens is 344 g/mol. The average Bonchev–Trinajstić information content (AvgIpc) is 3.39. The number of hydrogen-bond acceptors (Lipinski definition) is 3. The van der Waals surface area contributed by atoms with Gasteiger partial charge in [0, 0.05) is 32.0 Å². The first-order valence-corrected chi connectivity index (χ1v) is 10.3. The van der Waals surface area contributed by atoms with Gasteiger partial charge in [0.25, 0.3) is 0 Å². The second-order valence-corrected chi connectivity index (χ2v) is 7.94. The lowest BCUT2D eigenvalue weighted by Gasteiger charge is -2.21. The number of benzene rings is 2. The fourth-order valence-corrected chi connectivity index (χ4v) is 4.04. The van der Waals surface area contributed by atoms with E-state index in [0.717, 1.165) is 26.2 Å². The largest absolute Gasteiger partial charge is 0.299 e. The highest BCUT2D eigenvalue weighted by atomic mass is 15.3. The highest BCUT2D eigenvalue weighted by molar-refractivity contribution is 5.28. The van der Waals surface area contributed by atoms with E-state index in [0.29, 0.717) is 0 Å². The number of rotatable bonds is 8. The van der Waals surface area contributed by atoms with Gasteiger partial charge in [-0.3, -0.25) is 14.5 Å². The Morgan fingerprint density at radius 1 is 0.821 bits per heavy atom. The number of nitrogens with zero attached hydrogens (tertiary/aromatic N) is 4. The lowest BCUT2D eigenvalue weighted by Crippen LogP contribution is -2.22. The third-order valence-electron chi connectivity index (χ3n) is 5.53. The first kappa shape index (κ1) is 18.9. The van der Waals surface area contributed by atoms with Crippen LogP contribution < -0.4 is 0 Å². The zero-order valence-corrected chi connectivity index (χ0v) is 16.8. The summed E-state index contributed by atoms with van der Waals surface area (Å²) in [6.07, 6.45) is 6.52. The van der Waals surface area contributed by atoms with Crippen molar-refractivity contribution in [2.24, 2.45) is 0 Å². The van der Waals surface area contributed by atoms with Crippen LogP contribution in [0, 0.1) is 0 Å². The Balaban J connectivity index is 1.34. The van der Waals surface area contributed by atoms with Crippen LogP contribution in [0.15, 0.2) is 67.0 Å². The van der Waals surface area contributed by atoms with Crippen LogP contribution in [0.4, 0.5) is 0 Å². The molecule has 0 radical (unpaired) electrons. The maximum absolute atomic E-state index is 4.28. The van der Waals surface area contributed by atoms with E-state index in [1.54, 1.807) is 0 Å². The van der Waals surface area contributed by atoms with Gasteiger partial charge in [-0.1, -0.05) is 48.5 Å². The van der Waals surface area contributed by atoms with Gasteiger partial charge in [0.2, 0.25) is 0 Å². The molecular formula is C24H30N4. The maximum Gasteiger partial charge on any atom is 0.0659 e. The minimum Gasteiger partial charge on any atom is -0.299 e. The summed E-state index contributed by atoms with van der Waals surface area (Å²) in [5.74, 6) is 0. The molecule has 0 saturated carbocycles. The molecule has 0 atom stereocenters. The van der Waals surface area contributed by atoms with Crippen molar-refractivity contribution in [2.45, 2.75) is 39.0 Å². The summed E-state index contributed by atoms with van der Waals surface area (Å²) in [7, 11) is 2.21. The van der Waals surface area contributed by atoms with Gasteiger partial charge in [-0.05, 0) is 61.3 Å². The molecule has 1 aliphatic heterocycles. The highest BCUT2D eigenvalue weighted by Gasteiger charge is 2.14. The Hall–Kier alpha value is -2.43. The van der Waals surface area contributed by atoms with Crippen LogP contribution in [-0.4, -0.2) is 39.7 Å². The molecule has 0 bridgehead atoms. The summed E-state index contributed by atoms with van der Waals surface area (Å²) in [5.41, 5.74) is 5.56. The van der Waals surface area contributed by atoms with E-state index in [1.807, 2.05) is 23.1 Å². The molecule has 0 unspecified atom stereocenters. The first-order chi connectivity index (χ1) is 13.8. The summed E-state index contributed by atoms with van der Waals surface area (Å²) in [6, 6.07) is 19.8. The third-order valence-corrected chi connectivity index (χ3v) is 5.53. The van der Waals surface area contributed by atoms with Crippen LogP contribution in [0.2, 0.25) is 0 Å². The molecule has 146 valence electrons. The van der Waals surface area contributed by atoms with Crippen molar-refractivity contribution in [3.8, 4) is 0 Å². The van der Waals surface area contributed by atoms with Crippen LogP contribution in [0.25, 0.3) is 0 Å². The number of hydrogen-bond donors (Lipinski definition) is 0. The predicted octanol–water partition coefficient (Wildman–Crippen LogP) is 4.16. The van der Waals surface area contributed by atoms with Gasteiger partial charge < -0.3 is 0 Å². The second kappa shape index (κ2) is 9.18. The smallest absolute Gasteiger partial charge is 0.0659 e. The normalized spacial score (nSPS) is 14.8. The van der Waals surface area contributed by atoms with Gasteiger partial charge in [-0.2, -0.15) is 5.10 Å². The predicted molar refractivity (Wildman–Crippen MR) is 114 cm³/mol. The molecule has 1 aromatic heterocycles. The molecule has 2 heterocycles. The van der Waals surface area contributed by atoms with Gasteiger partial charge in [-0.15, -0.1) is 0 Å². The Labute approximate surface area is 168 Å². The summed E-state index contributed by atoms with van der Waals surface area (Å²) < 4.78 is 1.96. The minimum absolute atomic E-state index is 0.826. The third kappa shape index (κ3) is 5.09. The van der Waals surface area contributed by atoms with Crippen molar-refractivity contribution in [1.82, 2.24) is 19.6 Å². The van der Waals surface area contributed by atoms with Crippen LogP contribution in [0.3, 0.4) is 0 Å². The van der Waals surface area contributed by atoms with Gasteiger partial charge in [0.1, 0.15) is 0 Å². The minimum atomic E-state index is 0.826. The lowest BCUT2D eigenvalue weighted by atomic mass is 10.1. The number of aromatic nitrogens is 2. The van der Waals surface area contributed by atoms with E-state index in [-0.39, 0.29) is 0 Å². The van der Waals surface area contributed by atoms with Crippen molar-refractivity contribution in [3.05, 3.63) is 89.2 Å². The SMILES string of the molecule is CN(Cc1ccc(Cn2cccn2)cc1)Cc1ccccc1CN1CCCC1. The lowest BCUT2D eigenvalue weighted by molar-refractivity contribution is 0.307. The molecule has 0 amide bonds. The quantitative estimate of drug-likeness (QED) is 0.592. The zero-order chi connectivity index (χ0) is 19.2. The Kier molecular flexibility index (Phi) is 6.20. The van der Waals surface area contributed by atoms with E-state index < -0.39 is 0 Å². The zero-order valence-electron chi connectivity index (χ0n) is 16.8. The summed E-state index contributed by atoms with van der Waals surface area (Å²) in [4.78, 5) is 4.99. The van der Waals surface area contributed by atoms with E-state index in [9.17, 15) is 0 Å². The fraction of sp³-hybridized carbons (Fsp3) is 0.375. The van der Waals surface area contributed by atoms with E-state index in [1.165, 1.54) is 48.2 Å². The summed E-state index contributed by atoms with van der Waals surface area (Å²) in [6.45, 7) is 6.35. The van der Waals surface area contributed by atoms with Gasteiger partial charge >= 0.3 is 0 Å². The summed E-state index contributed by atoms with van der Waals surface area (Å²) >= 11 is 0. The average molecular weight is 375 g/mol. The first-order valence-electron chi connectivity index (χ1n) is 10.3. The van der Waals surface area contributed by atoms with Crippen molar-refractivity contribution < 1.29 is 0 Å². The molecule has 0 aliphatic carbocycles. The van der Waals surface area contributed by atoms with Crippen molar-refractivity contribution >= 4 is 0 Å². The summed E-state index contributed by atoms with van der Waals surface area (Å²) in [5, 5.41) is 4.28. The van der Waals surface area contributed by atoms with Crippen molar-refractivity contribution in [2.75, 3.05) is 20.1 Å². The molecule has 4 nitrogen and oxygen atoms in total. The van der Waals surface area contributed by atoms with Gasteiger partial charge in [0.15, 0.2) is 0 Å². The van der Waals surface area contributed by atoms with E-state index >= 15 is 0 Å². The molecule has 0 N–H and O–H groups in total. The van der Waals surface area contributed by atoms with Crippen LogP contribution in [0.5, 0.6) is 0 Å². The van der Waals surface area contributed by atoms with Crippen molar-refractivity contribution in [1.29, 1.82) is 0 Å². The van der Waals surface area contributed by atoms with Crippen LogP contribution in [0.1, 0.15) is 35.1 Å². The Morgan fingerprint density at radius 3 is 2.25 bits per heavy atom. The van der Waals surface area contributed by atoms with Crippen molar-refractivity contribution in [3.63, 3.8) is 0 Å². The molecule has 3 aromatic rings. The molecule has 1 aliphatic rings. The van der Waals surface area contributed by atoms with Crippen LogP contribution in [-0.2, 0) is 26.2 Å². The maximum atomic E-state index is 4.28. The molecule has 4 rings (SSSR count). The van der Waals surface area contributed by atoms with E-state index in [2.05, 4.69) is 70.5 Å². The second-order valence-electron chi connectivity index (χ2n) is 7.94. The molecule has 28 heavy (non-hydrogen) atoms. The van der Waals surface area contributed by atoms with E-state index in [4.69, 9.17) is 0 Å². The molecule has 1 saturated heterocycles. The molecule has 2 aromatic carbocycles. The van der Waals surface area contributed by atoms with Crippen LogP contribution >= 0.6 is 0 Å².